The van der Waals surface area contributed by atoms with E-state index in [0.717, 1.165) is 6.07 Å². The van der Waals surface area contributed by atoms with Crippen LogP contribution in [-0.4, -0.2) is 0 Å². The molecule has 2 nitrogen and oxygen atoms in total. The van der Waals surface area contributed by atoms with Gasteiger partial charge in [-0.25, -0.2) is 8.78 Å². The minimum absolute atomic E-state index is 0.194. The van der Waals surface area contributed by atoms with Crippen molar-refractivity contribution >= 4 is 17.1 Å². The Bertz CT molecular complexity index is 512. The number of benzene rings is 2. The van der Waals surface area contributed by atoms with Crippen LogP contribution in [0, 0.1) is 11.6 Å². The lowest BCUT2D eigenvalue weighted by Crippen LogP contribution is -1.98. The highest BCUT2D eigenvalue weighted by atomic mass is 19.1. The molecule has 0 aromatic heterocycles. The molecule has 82 valence electrons. The van der Waals surface area contributed by atoms with Crippen LogP contribution in [0.4, 0.5) is 25.8 Å². The lowest BCUT2D eigenvalue weighted by molar-refractivity contribution is 0.586. The third kappa shape index (κ3) is 2.11. The largest absolute Gasteiger partial charge is 0.397 e. The number of nitrogens with two attached hydrogens (primary N) is 1. The smallest absolute Gasteiger partial charge is 0.149 e. The second-order valence-electron chi connectivity index (χ2n) is 3.34. The molecule has 0 atom stereocenters. The van der Waals surface area contributed by atoms with E-state index in [9.17, 15) is 8.78 Å². The van der Waals surface area contributed by atoms with Crippen molar-refractivity contribution in [2.24, 2.45) is 0 Å². The number of rotatable bonds is 2. The van der Waals surface area contributed by atoms with Crippen LogP contribution in [0.1, 0.15) is 0 Å². The Morgan fingerprint density at radius 1 is 0.938 bits per heavy atom. The fraction of sp³-hybridized carbons (Fsp3) is 0. The van der Waals surface area contributed by atoms with Crippen molar-refractivity contribution in [3.05, 3.63) is 54.1 Å². The zero-order chi connectivity index (χ0) is 11.5. The third-order valence-electron chi connectivity index (χ3n) is 2.16. The monoisotopic (exact) mass is 220 g/mol. The van der Waals surface area contributed by atoms with Gasteiger partial charge in [0.2, 0.25) is 0 Å². The summed E-state index contributed by atoms with van der Waals surface area (Å²) in [7, 11) is 0. The van der Waals surface area contributed by atoms with Gasteiger partial charge in [0.25, 0.3) is 0 Å². The Labute approximate surface area is 91.7 Å². The first kappa shape index (κ1) is 10.4. The Kier molecular flexibility index (Phi) is 2.72. The van der Waals surface area contributed by atoms with Gasteiger partial charge in [0.1, 0.15) is 11.6 Å². The number of anilines is 3. The molecule has 0 saturated carbocycles. The van der Waals surface area contributed by atoms with Gasteiger partial charge in [-0.05, 0) is 24.3 Å². The summed E-state index contributed by atoms with van der Waals surface area (Å²) < 4.78 is 26.0. The Balaban J connectivity index is 2.31. The summed E-state index contributed by atoms with van der Waals surface area (Å²) in [5.41, 5.74) is 6.98. The number of nitrogen functional groups attached to an aromatic ring is 1. The van der Waals surface area contributed by atoms with Crippen LogP contribution in [0.25, 0.3) is 0 Å². The molecule has 4 heteroatoms. The van der Waals surface area contributed by atoms with E-state index in [1.54, 1.807) is 24.3 Å². The van der Waals surface area contributed by atoms with Crippen molar-refractivity contribution in [2.45, 2.75) is 0 Å². The molecule has 2 rings (SSSR count). The summed E-state index contributed by atoms with van der Waals surface area (Å²) in [4.78, 5) is 0. The predicted octanol–water partition coefficient (Wildman–Crippen LogP) is 3.29. The minimum Gasteiger partial charge on any atom is -0.397 e. The molecule has 0 amide bonds. The van der Waals surface area contributed by atoms with Crippen LogP contribution in [0.2, 0.25) is 0 Å². The Morgan fingerprint density at radius 3 is 2.38 bits per heavy atom. The van der Waals surface area contributed by atoms with Crippen molar-refractivity contribution in [1.29, 1.82) is 0 Å². The summed E-state index contributed by atoms with van der Waals surface area (Å²) in [6, 6.07) is 10.3. The van der Waals surface area contributed by atoms with Gasteiger partial charge in [-0.3, -0.25) is 0 Å². The first-order valence-electron chi connectivity index (χ1n) is 4.73. The summed E-state index contributed by atoms with van der Waals surface area (Å²) in [6.07, 6.45) is 0. The fourth-order valence-electron chi connectivity index (χ4n) is 1.35. The second kappa shape index (κ2) is 4.18. The number of halogens is 2. The summed E-state index contributed by atoms with van der Waals surface area (Å²) in [5, 5.41) is 2.80. The van der Waals surface area contributed by atoms with E-state index in [4.69, 9.17) is 5.73 Å². The van der Waals surface area contributed by atoms with E-state index >= 15 is 0 Å². The van der Waals surface area contributed by atoms with Gasteiger partial charge in [-0.2, -0.15) is 0 Å². The highest BCUT2D eigenvalue weighted by Gasteiger charge is 2.05. The van der Waals surface area contributed by atoms with Crippen LogP contribution in [-0.2, 0) is 0 Å². The molecular weight excluding hydrogens is 210 g/mol. The molecule has 0 bridgehead atoms. The lowest BCUT2D eigenvalue weighted by Gasteiger charge is -2.09. The normalized spacial score (nSPS) is 10.1. The molecule has 0 aliphatic heterocycles. The van der Waals surface area contributed by atoms with Crippen molar-refractivity contribution < 1.29 is 8.78 Å². The van der Waals surface area contributed by atoms with E-state index in [0.29, 0.717) is 11.4 Å². The number of hydrogen-bond donors (Lipinski definition) is 2. The zero-order valence-corrected chi connectivity index (χ0v) is 8.37. The van der Waals surface area contributed by atoms with Crippen LogP contribution in [0.15, 0.2) is 42.5 Å². The van der Waals surface area contributed by atoms with Crippen LogP contribution < -0.4 is 11.1 Å². The molecule has 3 N–H and O–H groups in total. The average Bonchev–Trinajstić information content (AvgIpc) is 2.25. The molecule has 2 aromatic carbocycles. The number of para-hydroxylation sites is 2. The van der Waals surface area contributed by atoms with E-state index in [-0.39, 0.29) is 5.69 Å². The summed E-state index contributed by atoms with van der Waals surface area (Å²) in [5.74, 6) is -1.26. The third-order valence-corrected chi connectivity index (χ3v) is 2.16. The zero-order valence-electron chi connectivity index (χ0n) is 8.37. The first-order valence-corrected chi connectivity index (χ1v) is 4.73. The van der Waals surface area contributed by atoms with Gasteiger partial charge in [-0.15, -0.1) is 0 Å². The SMILES string of the molecule is Nc1ccccc1Nc1ccc(F)cc1F. The maximum absolute atomic E-state index is 13.3. The van der Waals surface area contributed by atoms with E-state index in [1.807, 2.05) is 0 Å². The molecule has 2 aromatic rings. The van der Waals surface area contributed by atoms with Gasteiger partial charge in [0.15, 0.2) is 0 Å². The summed E-state index contributed by atoms with van der Waals surface area (Å²) in [6.45, 7) is 0. The standard InChI is InChI=1S/C12H10F2N2/c13-8-5-6-11(9(14)7-8)16-12-4-2-1-3-10(12)15/h1-7,16H,15H2. The van der Waals surface area contributed by atoms with Gasteiger partial charge in [0.05, 0.1) is 17.1 Å². The molecule has 0 spiro atoms. The van der Waals surface area contributed by atoms with Crippen molar-refractivity contribution in [1.82, 2.24) is 0 Å². The van der Waals surface area contributed by atoms with Crippen molar-refractivity contribution in [3.8, 4) is 0 Å². The molecule has 0 saturated heterocycles. The van der Waals surface area contributed by atoms with Gasteiger partial charge in [-0.1, -0.05) is 12.1 Å². The van der Waals surface area contributed by atoms with Crippen molar-refractivity contribution in [2.75, 3.05) is 11.1 Å². The molecule has 0 heterocycles. The van der Waals surface area contributed by atoms with Gasteiger partial charge >= 0.3 is 0 Å². The number of nitrogens with one attached hydrogen (secondary N) is 1. The maximum Gasteiger partial charge on any atom is 0.149 e. The van der Waals surface area contributed by atoms with Crippen molar-refractivity contribution in [3.63, 3.8) is 0 Å². The number of hydrogen-bond acceptors (Lipinski definition) is 2. The molecule has 0 radical (unpaired) electrons. The van der Waals surface area contributed by atoms with Crippen LogP contribution in [0.3, 0.4) is 0 Å². The first-order chi connectivity index (χ1) is 7.66. The van der Waals surface area contributed by atoms with E-state index < -0.39 is 11.6 Å². The van der Waals surface area contributed by atoms with E-state index in [1.165, 1.54) is 12.1 Å². The Morgan fingerprint density at radius 2 is 1.69 bits per heavy atom. The topological polar surface area (TPSA) is 38.0 Å². The maximum atomic E-state index is 13.3. The molecular formula is C12H10F2N2. The molecule has 0 aliphatic carbocycles. The van der Waals surface area contributed by atoms with Gasteiger partial charge < -0.3 is 11.1 Å². The minimum atomic E-state index is -0.650. The van der Waals surface area contributed by atoms with Crippen LogP contribution >= 0.6 is 0 Å². The quantitative estimate of drug-likeness (QED) is 0.762. The average molecular weight is 220 g/mol. The second-order valence-corrected chi connectivity index (χ2v) is 3.34. The Hall–Kier alpha value is -2.10. The van der Waals surface area contributed by atoms with Gasteiger partial charge in [0, 0.05) is 6.07 Å². The molecule has 0 unspecified atom stereocenters. The highest BCUT2D eigenvalue weighted by Crippen LogP contribution is 2.24. The molecule has 0 aliphatic rings. The summed E-state index contributed by atoms with van der Waals surface area (Å²) >= 11 is 0. The molecule has 16 heavy (non-hydrogen) atoms. The van der Waals surface area contributed by atoms with E-state index in [2.05, 4.69) is 5.32 Å². The molecule has 0 fully saturated rings. The highest BCUT2D eigenvalue weighted by molar-refractivity contribution is 5.72. The fourth-order valence-corrected chi connectivity index (χ4v) is 1.35. The lowest BCUT2D eigenvalue weighted by atomic mass is 10.2. The predicted molar refractivity (Wildman–Crippen MR) is 60.5 cm³/mol. The van der Waals surface area contributed by atoms with Crippen LogP contribution in [0.5, 0.6) is 0 Å².